The quantitative estimate of drug-likeness (QED) is 0.150. The number of para-hydroxylation sites is 1. The minimum atomic E-state index is -1.33. The van der Waals surface area contributed by atoms with Crippen molar-refractivity contribution < 1.29 is 39.3 Å². The average Bonchev–Trinajstić information content (AvgIpc) is 3.63. The molecule has 3 amide bonds. The summed E-state index contributed by atoms with van der Waals surface area (Å²) in [5.41, 5.74) is 8.43. The Morgan fingerprint density at radius 2 is 1.65 bits per heavy atom. The number of nitrogens with one attached hydrogen (secondary N) is 3. The lowest BCUT2D eigenvalue weighted by atomic mass is 10.0. The van der Waals surface area contributed by atoms with Gasteiger partial charge in [-0.2, -0.15) is 0 Å². The number of phenolic OH excluding ortho intramolecular Hbond substituents is 1. The third-order valence-corrected chi connectivity index (χ3v) is 7.54. The summed E-state index contributed by atoms with van der Waals surface area (Å²) in [6.45, 7) is 0.194. The first kappa shape index (κ1) is 31.0. The summed E-state index contributed by atoms with van der Waals surface area (Å²) in [5.74, 6) is -4.45. The standard InChI is InChI=1S/C30H35N5O8/c31-21(15-18-16-32-22-5-2-1-4-20(18)22)27(39)33-23(11-12-26(37)38)28(40)34-24(14-17-7-9-19(36)10-8-17)29(41)35-13-3-6-25(35)30(42)43/h1-2,4-5,7-10,16,21,23-25,32,36H,3,6,11-15,31H2,(H,33,39)(H,34,40)(H,37,38)(H,42,43). The molecule has 3 aromatic rings. The minimum absolute atomic E-state index is 0.00145. The van der Waals surface area contributed by atoms with Crippen LogP contribution in [0.3, 0.4) is 0 Å². The number of aromatic nitrogens is 1. The number of carbonyl (C=O) groups excluding carboxylic acids is 3. The Morgan fingerprint density at radius 1 is 0.953 bits per heavy atom. The molecule has 1 aliphatic heterocycles. The van der Waals surface area contributed by atoms with Crippen LogP contribution in [0.4, 0.5) is 0 Å². The number of amides is 3. The molecule has 0 spiro atoms. The van der Waals surface area contributed by atoms with Crippen LogP contribution in [0, 0.1) is 0 Å². The van der Waals surface area contributed by atoms with Crippen LogP contribution in [0.25, 0.3) is 10.9 Å². The number of fused-ring (bicyclic) bond motifs is 1. The molecule has 13 heteroatoms. The van der Waals surface area contributed by atoms with E-state index in [-0.39, 0.29) is 38.0 Å². The summed E-state index contributed by atoms with van der Waals surface area (Å²) < 4.78 is 0. The molecule has 0 radical (unpaired) electrons. The van der Waals surface area contributed by atoms with E-state index in [1.165, 1.54) is 17.0 Å². The first-order valence-corrected chi connectivity index (χ1v) is 14.0. The van der Waals surface area contributed by atoms with Gasteiger partial charge in [0.25, 0.3) is 0 Å². The summed E-state index contributed by atoms with van der Waals surface area (Å²) in [5, 5.41) is 34.6. The van der Waals surface area contributed by atoms with Gasteiger partial charge in [0, 0.05) is 36.5 Å². The molecule has 8 N–H and O–H groups in total. The van der Waals surface area contributed by atoms with Gasteiger partial charge in [-0.3, -0.25) is 19.2 Å². The smallest absolute Gasteiger partial charge is 0.326 e. The molecule has 2 aromatic carbocycles. The van der Waals surface area contributed by atoms with Crippen LogP contribution in [0.1, 0.15) is 36.8 Å². The predicted molar refractivity (Wildman–Crippen MR) is 155 cm³/mol. The average molecular weight is 594 g/mol. The number of H-pyrrole nitrogens is 1. The molecular formula is C30H35N5O8. The topological polar surface area (TPSA) is 215 Å². The molecule has 1 fully saturated rings. The van der Waals surface area contributed by atoms with Crippen LogP contribution in [0.5, 0.6) is 5.75 Å². The molecule has 13 nitrogen and oxygen atoms in total. The van der Waals surface area contributed by atoms with Gasteiger partial charge in [0.2, 0.25) is 17.7 Å². The second-order valence-electron chi connectivity index (χ2n) is 10.6. The number of phenols is 1. The fourth-order valence-electron chi connectivity index (χ4n) is 5.27. The minimum Gasteiger partial charge on any atom is -0.508 e. The van der Waals surface area contributed by atoms with Crippen molar-refractivity contribution in [2.24, 2.45) is 5.73 Å². The van der Waals surface area contributed by atoms with Gasteiger partial charge >= 0.3 is 11.9 Å². The molecule has 4 atom stereocenters. The normalized spacial score (nSPS) is 16.8. The van der Waals surface area contributed by atoms with E-state index in [2.05, 4.69) is 15.6 Å². The summed E-state index contributed by atoms with van der Waals surface area (Å²) in [6.07, 6.45) is 1.90. The van der Waals surface area contributed by atoms with Gasteiger partial charge in [0.05, 0.1) is 6.04 Å². The van der Waals surface area contributed by atoms with Crippen molar-refractivity contribution in [3.63, 3.8) is 0 Å². The highest BCUT2D eigenvalue weighted by molar-refractivity contribution is 5.95. The first-order valence-electron chi connectivity index (χ1n) is 14.0. The summed E-state index contributed by atoms with van der Waals surface area (Å²) >= 11 is 0. The lowest BCUT2D eigenvalue weighted by molar-refractivity contribution is -0.149. The van der Waals surface area contributed by atoms with Gasteiger partial charge < -0.3 is 41.6 Å². The van der Waals surface area contributed by atoms with Crippen molar-refractivity contribution >= 4 is 40.6 Å². The number of aromatic hydroxyl groups is 1. The fraction of sp³-hybridized carbons (Fsp3) is 0.367. The van der Waals surface area contributed by atoms with Crippen molar-refractivity contribution in [1.82, 2.24) is 20.5 Å². The number of aliphatic carboxylic acids is 2. The van der Waals surface area contributed by atoms with Gasteiger partial charge in [-0.25, -0.2) is 4.79 Å². The maximum atomic E-state index is 13.6. The number of nitrogens with two attached hydrogens (primary N) is 1. The van der Waals surface area contributed by atoms with Gasteiger partial charge in [-0.1, -0.05) is 30.3 Å². The predicted octanol–water partition coefficient (Wildman–Crippen LogP) is 0.896. The van der Waals surface area contributed by atoms with E-state index in [1.807, 2.05) is 24.3 Å². The number of carbonyl (C=O) groups is 5. The van der Waals surface area contributed by atoms with Crippen LogP contribution in [0.2, 0.25) is 0 Å². The Morgan fingerprint density at radius 3 is 2.35 bits per heavy atom. The Hall–Kier alpha value is -4.91. The zero-order chi connectivity index (χ0) is 31.1. The number of hydrogen-bond donors (Lipinski definition) is 7. The molecule has 228 valence electrons. The molecule has 1 aliphatic rings. The van der Waals surface area contributed by atoms with Crippen LogP contribution in [-0.4, -0.2) is 85.6 Å². The van der Waals surface area contributed by atoms with Gasteiger partial charge in [0.1, 0.15) is 23.9 Å². The Bertz CT molecular complexity index is 1490. The lowest BCUT2D eigenvalue weighted by Crippen LogP contribution is -2.57. The largest absolute Gasteiger partial charge is 0.508 e. The highest BCUT2D eigenvalue weighted by Gasteiger charge is 2.38. The van der Waals surface area contributed by atoms with Gasteiger partial charge in [0.15, 0.2) is 0 Å². The van der Waals surface area contributed by atoms with E-state index in [0.29, 0.717) is 12.0 Å². The number of hydrogen-bond acceptors (Lipinski definition) is 7. The molecule has 0 bridgehead atoms. The molecule has 2 heterocycles. The highest BCUT2D eigenvalue weighted by Crippen LogP contribution is 2.21. The molecule has 43 heavy (non-hydrogen) atoms. The SMILES string of the molecule is NC(Cc1c[nH]c2ccccc12)C(=O)NC(CCC(=O)O)C(=O)NC(Cc1ccc(O)cc1)C(=O)N1CCCC1C(=O)O. The Kier molecular flexibility index (Phi) is 9.99. The van der Waals surface area contributed by atoms with Crippen LogP contribution in [0.15, 0.2) is 54.7 Å². The molecule has 1 saturated heterocycles. The van der Waals surface area contributed by atoms with Gasteiger partial charge in [-0.05, 0) is 55.0 Å². The maximum Gasteiger partial charge on any atom is 0.326 e. The van der Waals surface area contributed by atoms with Crippen molar-refractivity contribution in [3.05, 3.63) is 65.9 Å². The third-order valence-electron chi connectivity index (χ3n) is 7.54. The van der Waals surface area contributed by atoms with Crippen molar-refractivity contribution in [1.29, 1.82) is 0 Å². The first-order chi connectivity index (χ1) is 20.5. The number of aromatic amines is 1. The number of nitrogens with zero attached hydrogens (tertiary/aromatic N) is 1. The van der Waals surface area contributed by atoms with E-state index < -0.39 is 60.2 Å². The van der Waals surface area contributed by atoms with Crippen LogP contribution < -0.4 is 16.4 Å². The Labute approximate surface area is 247 Å². The highest BCUT2D eigenvalue weighted by atomic mass is 16.4. The molecule has 4 rings (SSSR count). The number of carboxylic acids is 2. The zero-order valence-electron chi connectivity index (χ0n) is 23.4. The van der Waals surface area contributed by atoms with E-state index in [0.717, 1.165) is 16.5 Å². The lowest BCUT2D eigenvalue weighted by Gasteiger charge is -2.29. The summed E-state index contributed by atoms with van der Waals surface area (Å²) in [4.78, 5) is 67.6. The third kappa shape index (κ3) is 7.89. The number of benzene rings is 2. The monoisotopic (exact) mass is 593 g/mol. The van der Waals surface area contributed by atoms with E-state index in [9.17, 15) is 39.3 Å². The second-order valence-corrected chi connectivity index (χ2v) is 10.6. The molecule has 4 unspecified atom stereocenters. The number of rotatable bonds is 13. The Balaban J connectivity index is 1.51. The number of likely N-dealkylation sites (tertiary alicyclic amines) is 1. The van der Waals surface area contributed by atoms with Gasteiger partial charge in [-0.15, -0.1) is 0 Å². The van der Waals surface area contributed by atoms with E-state index in [4.69, 9.17) is 5.73 Å². The summed E-state index contributed by atoms with van der Waals surface area (Å²) in [6, 6.07) is 8.79. The van der Waals surface area contributed by atoms with Crippen molar-refractivity contribution in [2.75, 3.05) is 6.54 Å². The molecule has 0 saturated carbocycles. The van der Waals surface area contributed by atoms with Crippen molar-refractivity contribution in [3.8, 4) is 5.75 Å². The molecule has 0 aliphatic carbocycles. The second kappa shape index (κ2) is 13.8. The van der Waals surface area contributed by atoms with Crippen LogP contribution in [-0.2, 0) is 36.8 Å². The zero-order valence-corrected chi connectivity index (χ0v) is 23.4. The summed E-state index contributed by atoms with van der Waals surface area (Å²) in [7, 11) is 0. The number of carboxylic acid groups (broad SMARTS) is 2. The van der Waals surface area contributed by atoms with E-state index >= 15 is 0 Å². The fourth-order valence-corrected chi connectivity index (χ4v) is 5.27. The maximum absolute atomic E-state index is 13.6. The molecule has 1 aromatic heterocycles. The van der Waals surface area contributed by atoms with E-state index in [1.54, 1.807) is 18.3 Å². The van der Waals surface area contributed by atoms with Crippen LogP contribution >= 0.6 is 0 Å². The van der Waals surface area contributed by atoms with Crippen molar-refractivity contribution in [2.45, 2.75) is 62.7 Å². The molecular weight excluding hydrogens is 558 g/mol.